The quantitative estimate of drug-likeness (QED) is 0.905. The highest BCUT2D eigenvalue weighted by atomic mass is 16.5. The molecule has 1 atom stereocenters. The first-order chi connectivity index (χ1) is 8.94. The Balaban J connectivity index is 1.73. The standard InChI is InChI=1S/C15H19NO3/c1-15(2)8-11-7-10(3-4-13(11)19-15)9-16-6-5-12(16)14(17)18/h3-4,7,12H,5-6,8-9H2,1-2H3,(H,17,18)/t12-/m0/s1. The van der Waals surface area contributed by atoms with Crippen molar-refractivity contribution < 1.29 is 14.6 Å². The molecule has 3 rings (SSSR count). The first-order valence-corrected chi connectivity index (χ1v) is 6.72. The Morgan fingerprint density at radius 1 is 1.53 bits per heavy atom. The van der Waals surface area contributed by atoms with Crippen LogP contribution in [0.25, 0.3) is 0 Å². The fraction of sp³-hybridized carbons (Fsp3) is 0.533. The smallest absolute Gasteiger partial charge is 0.320 e. The average Bonchev–Trinajstić information content (AvgIpc) is 2.56. The maximum Gasteiger partial charge on any atom is 0.320 e. The molecule has 0 spiro atoms. The van der Waals surface area contributed by atoms with E-state index >= 15 is 0 Å². The number of ether oxygens (including phenoxy) is 1. The van der Waals surface area contributed by atoms with Crippen LogP contribution in [0.15, 0.2) is 18.2 Å². The van der Waals surface area contributed by atoms with Crippen molar-refractivity contribution in [2.45, 2.75) is 44.9 Å². The summed E-state index contributed by atoms with van der Waals surface area (Å²) in [6.45, 7) is 5.76. The van der Waals surface area contributed by atoms with Gasteiger partial charge in [-0.15, -0.1) is 0 Å². The largest absolute Gasteiger partial charge is 0.487 e. The van der Waals surface area contributed by atoms with Gasteiger partial charge in [-0.3, -0.25) is 9.69 Å². The number of carboxylic acids is 1. The minimum Gasteiger partial charge on any atom is -0.487 e. The molecule has 2 heterocycles. The molecule has 2 aliphatic heterocycles. The number of benzene rings is 1. The Kier molecular flexibility index (Phi) is 2.78. The van der Waals surface area contributed by atoms with Gasteiger partial charge in [0, 0.05) is 19.5 Å². The Morgan fingerprint density at radius 2 is 2.32 bits per heavy atom. The van der Waals surface area contributed by atoms with Gasteiger partial charge in [-0.25, -0.2) is 0 Å². The molecule has 0 aromatic heterocycles. The van der Waals surface area contributed by atoms with Crippen molar-refractivity contribution in [2.24, 2.45) is 0 Å². The third-order valence-corrected chi connectivity index (χ3v) is 3.93. The summed E-state index contributed by atoms with van der Waals surface area (Å²) < 4.78 is 5.85. The molecule has 4 heteroatoms. The van der Waals surface area contributed by atoms with E-state index in [1.807, 2.05) is 17.0 Å². The maximum absolute atomic E-state index is 11.0. The van der Waals surface area contributed by atoms with Gasteiger partial charge in [0.15, 0.2) is 0 Å². The number of carboxylic acid groups (broad SMARTS) is 1. The molecule has 19 heavy (non-hydrogen) atoms. The summed E-state index contributed by atoms with van der Waals surface area (Å²) in [5.74, 6) is 0.254. The van der Waals surface area contributed by atoms with E-state index < -0.39 is 5.97 Å². The summed E-state index contributed by atoms with van der Waals surface area (Å²) in [6.07, 6.45) is 1.68. The highest BCUT2D eigenvalue weighted by Crippen LogP contribution is 2.35. The predicted octanol–water partition coefficient (Wildman–Crippen LogP) is 2.06. The van der Waals surface area contributed by atoms with Crippen LogP contribution in [-0.2, 0) is 17.8 Å². The first kappa shape index (κ1) is 12.5. The molecular formula is C15H19NO3. The van der Waals surface area contributed by atoms with Gasteiger partial charge in [0.2, 0.25) is 0 Å². The number of rotatable bonds is 3. The van der Waals surface area contributed by atoms with Crippen molar-refractivity contribution in [3.8, 4) is 5.75 Å². The molecule has 0 unspecified atom stereocenters. The molecule has 0 radical (unpaired) electrons. The summed E-state index contributed by atoms with van der Waals surface area (Å²) in [7, 11) is 0. The lowest BCUT2D eigenvalue weighted by molar-refractivity contribution is -0.148. The van der Waals surface area contributed by atoms with Gasteiger partial charge in [-0.05, 0) is 37.5 Å². The highest BCUT2D eigenvalue weighted by molar-refractivity contribution is 5.74. The van der Waals surface area contributed by atoms with E-state index in [4.69, 9.17) is 9.84 Å². The van der Waals surface area contributed by atoms with Crippen LogP contribution in [0.2, 0.25) is 0 Å². The van der Waals surface area contributed by atoms with Crippen molar-refractivity contribution in [1.29, 1.82) is 0 Å². The third kappa shape index (κ3) is 2.32. The molecule has 0 aliphatic carbocycles. The van der Waals surface area contributed by atoms with E-state index in [-0.39, 0.29) is 11.6 Å². The molecule has 1 aromatic carbocycles. The van der Waals surface area contributed by atoms with Crippen LogP contribution in [0, 0.1) is 0 Å². The topological polar surface area (TPSA) is 49.8 Å². The van der Waals surface area contributed by atoms with Crippen molar-refractivity contribution in [3.05, 3.63) is 29.3 Å². The lowest BCUT2D eigenvalue weighted by atomic mass is 9.98. The van der Waals surface area contributed by atoms with E-state index in [9.17, 15) is 4.79 Å². The Labute approximate surface area is 113 Å². The minimum absolute atomic E-state index is 0.124. The molecule has 1 aromatic rings. The van der Waals surface area contributed by atoms with E-state index in [2.05, 4.69) is 19.9 Å². The predicted molar refractivity (Wildman–Crippen MR) is 71.3 cm³/mol. The highest BCUT2D eigenvalue weighted by Gasteiger charge is 2.34. The second kappa shape index (κ2) is 4.23. The zero-order chi connectivity index (χ0) is 13.6. The zero-order valence-corrected chi connectivity index (χ0v) is 11.3. The number of nitrogens with zero attached hydrogens (tertiary/aromatic N) is 1. The fourth-order valence-electron chi connectivity index (χ4n) is 2.91. The Bertz CT molecular complexity index is 524. The molecular weight excluding hydrogens is 242 g/mol. The van der Waals surface area contributed by atoms with Crippen molar-refractivity contribution in [3.63, 3.8) is 0 Å². The van der Waals surface area contributed by atoms with Crippen molar-refractivity contribution in [1.82, 2.24) is 4.90 Å². The second-order valence-corrected chi connectivity index (χ2v) is 6.09. The van der Waals surface area contributed by atoms with Gasteiger partial charge < -0.3 is 9.84 Å². The monoisotopic (exact) mass is 261 g/mol. The second-order valence-electron chi connectivity index (χ2n) is 6.09. The Morgan fingerprint density at radius 3 is 2.95 bits per heavy atom. The van der Waals surface area contributed by atoms with E-state index in [0.717, 1.165) is 25.1 Å². The molecule has 2 aliphatic rings. The normalized spacial score (nSPS) is 24.4. The molecule has 1 saturated heterocycles. The number of likely N-dealkylation sites (tertiary alicyclic amines) is 1. The van der Waals surface area contributed by atoms with Crippen LogP contribution in [-0.4, -0.2) is 34.2 Å². The van der Waals surface area contributed by atoms with E-state index in [1.165, 1.54) is 11.1 Å². The van der Waals surface area contributed by atoms with Crippen LogP contribution in [0.3, 0.4) is 0 Å². The average molecular weight is 261 g/mol. The summed E-state index contributed by atoms with van der Waals surface area (Å²) in [5.41, 5.74) is 2.28. The molecule has 1 N–H and O–H groups in total. The molecule has 0 bridgehead atoms. The molecule has 102 valence electrons. The number of carbonyl (C=O) groups is 1. The number of hydrogen-bond donors (Lipinski definition) is 1. The van der Waals surface area contributed by atoms with Crippen LogP contribution < -0.4 is 4.74 Å². The zero-order valence-electron chi connectivity index (χ0n) is 11.3. The van der Waals surface area contributed by atoms with Gasteiger partial charge in [0.05, 0.1) is 0 Å². The van der Waals surface area contributed by atoms with Crippen LogP contribution in [0.1, 0.15) is 31.4 Å². The number of fused-ring (bicyclic) bond motifs is 1. The van der Waals surface area contributed by atoms with E-state index in [0.29, 0.717) is 6.54 Å². The van der Waals surface area contributed by atoms with Crippen LogP contribution in [0.4, 0.5) is 0 Å². The van der Waals surface area contributed by atoms with Gasteiger partial charge in [0.1, 0.15) is 17.4 Å². The minimum atomic E-state index is -0.711. The lowest BCUT2D eigenvalue weighted by Gasteiger charge is -2.37. The molecule has 0 saturated carbocycles. The maximum atomic E-state index is 11.0. The Hall–Kier alpha value is -1.55. The lowest BCUT2D eigenvalue weighted by Crippen LogP contribution is -2.51. The van der Waals surface area contributed by atoms with Crippen molar-refractivity contribution >= 4 is 5.97 Å². The number of aliphatic carboxylic acids is 1. The summed E-state index contributed by atoms with van der Waals surface area (Å²) in [6, 6.07) is 5.90. The van der Waals surface area contributed by atoms with Crippen molar-refractivity contribution in [2.75, 3.05) is 6.54 Å². The summed E-state index contributed by atoms with van der Waals surface area (Å²) in [4.78, 5) is 13.0. The summed E-state index contributed by atoms with van der Waals surface area (Å²) >= 11 is 0. The van der Waals surface area contributed by atoms with Gasteiger partial charge >= 0.3 is 5.97 Å². The molecule has 0 amide bonds. The molecule has 1 fully saturated rings. The van der Waals surface area contributed by atoms with Crippen LogP contribution >= 0.6 is 0 Å². The summed E-state index contributed by atoms with van der Waals surface area (Å²) in [5, 5.41) is 9.04. The number of hydrogen-bond acceptors (Lipinski definition) is 3. The van der Waals surface area contributed by atoms with Gasteiger partial charge in [-0.1, -0.05) is 12.1 Å². The molecule has 4 nitrogen and oxygen atoms in total. The third-order valence-electron chi connectivity index (χ3n) is 3.93. The first-order valence-electron chi connectivity index (χ1n) is 6.72. The van der Waals surface area contributed by atoms with Gasteiger partial charge in [-0.2, -0.15) is 0 Å². The SMILES string of the molecule is CC1(C)Cc2cc(CN3CC[C@H]3C(=O)O)ccc2O1. The van der Waals surface area contributed by atoms with Gasteiger partial charge in [0.25, 0.3) is 0 Å². The van der Waals surface area contributed by atoms with Crippen LogP contribution in [0.5, 0.6) is 5.75 Å². The van der Waals surface area contributed by atoms with E-state index in [1.54, 1.807) is 0 Å². The fourth-order valence-corrected chi connectivity index (χ4v) is 2.91.